The summed E-state index contributed by atoms with van der Waals surface area (Å²) in [5.41, 5.74) is 0.615. The quantitative estimate of drug-likeness (QED) is 0.809. The van der Waals surface area contributed by atoms with Gasteiger partial charge >= 0.3 is 0 Å². The van der Waals surface area contributed by atoms with E-state index in [4.69, 9.17) is 10.00 Å². The Morgan fingerprint density at radius 3 is 2.87 bits per heavy atom. The summed E-state index contributed by atoms with van der Waals surface area (Å²) >= 11 is 0. The summed E-state index contributed by atoms with van der Waals surface area (Å²) in [7, 11) is 1.62. The maximum atomic E-state index is 12.0. The number of carbonyl (C=O) groups excluding carboxylic acids is 1. The zero-order valence-corrected chi connectivity index (χ0v) is 13.7. The highest BCUT2D eigenvalue weighted by atomic mass is 16.5. The second-order valence-electron chi connectivity index (χ2n) is 5.70. The first-order valence-electron chi connectivity index (χ1n) is 7.74. The molecule has 1 atom stereocenters. The lowest BCUT2D eigenvalue weighted by Crippen LogP contribution is -2.50. The molecule has 1 amide bonds. The molecule has 0 saturated carbocycles. The number of amides is 1. The van der Waals surface area contributed by atoms with Gasteiger partial charge in [0.2, 0.25) is 5.91 Å². The van der Waals surface area contributed by atoms with E-state index in [9.17, 15) is 4.79 Å². The molecule has 1 aliphatic rings. The zero-order valence-electron chi connectivity index (χ0n) is 13.7. The lowest BCUT2D eigenvalue weighted by molar-refractivity contribution is -0.123. The first-order chi connectivity index (χ1) is 11.1. The number of nitriles is 1. The van der Waals surface area contributed by atoms with Crippen molar-refractivity contribution in [3.8, 4) is 6.07 Å². The molecule has 1 N–H and O–H groups in total. The SMILES string of the molecule is COCC(C)NC(=O)CN1CCN(c2cc(C#N)ccn2)CC1. The molecule has 1 saturated heterocycles. The van der Waals surface area contributed by atoms with Gasteiger partial charge in [-0.2, -0.15) is 5.26 Å². The van der Waals surface area contributed by atoms with Crippen LogP contribution in [0.2, 0.25) is 0 Å². The normalized spacial score (nSPS) is 16.7. The van der Waals surface area contributed by atoms with Gasteiger partial charge in [-0.05, 0) is 19.1 Å². The number of aromatic nitrogens is 1. The van der Waals surface area contributed by atoms with Crippen molar-refractivity contribution >= 4 is 11.7 Å². The molecular weight excluding hydrogens is 294 g/mol. The highest BCUT2D eigenvalue weighted by molar-refractivity contribution is 5.78. The van der Waals surface area contributed by atoms with E-state index in [0.29, 0.717) is 18.7 Å². The van der Waals surface area contributed by atoms with E-state index in [1.54, 1.807) is 25.4 Å². The number of ether oxygens (including phenoxy) is 1. The average Bonchev–Trinajstić information content (AvgIpc) is 2.55. The number of carbonyl (C=O) groups is 1. The summed E-state index contributed by atoms with van der Waals surface area (Å²) in [5, 5.41) is 11.9. The van der Waals surface area contributed by atoms with Gasteiger partial charge in [-0.3, -0.25) is 9.69 Å². The topological polar surface area (TPSA) is 81.5 Å². The molecule has 2 rings (SSSR count). The lowest BCUT2D eigenvalue weighted by atomic mass is 10.2. The van der Waals surface area contributed by atoms with Gasteiger partial charge in [-0.15, -0.1) is 0 Å². The second kappa shape index (κ2) is 8.46. The Kier molecular flexibility index (Phi) is 6.32. The van der Waals surface area contributed by atoms with E-state index < -0.39 is 0 Å². The van der Waals surface area contributed by atoms with Crippen molar-refractivity contribution in [1.82, 2.24) is 15.2 Å². The molecule has 124 valence electrons. The molecule has 0 aliphatic carbocycles. The standard InChI is InChI=1S/C16H23N5O2/c1-13(12-23-2)19-16(22)11-20-5-7-21(8-6-20)15-9-14(10-17)3-4-18-15/h3-4,9,13H,5-8,11-12H2,1-2H3,(H,19,22). The third kappa shape index (κ3) is 5.20. The fourth-order valence-electron chi connectivity index (χ4n) is 2.61. The van der Waals surface area contributed by atoms with Crippen LogP contribution in [0, 0.1) is 11.3 Å². The molecule has 2 heterocycles. The van der Waals surface area contributed by atoms with Crippen LogP contribution in [-0.4, -0.2) is 68.3 Å². The summed E-state index contributed by atoms with van der Waals surface area (Å²) in [4.78, 5) is 20.5. The van der Waals surface area contributed by atoms with Crippen LogP contribution in [0.15, 0.2) is 18.3 Å². The molecule has 1 aliphatic heterocycles. The first-order valence-corrected chi connectivity index (χ1v) is 7.74. The van der Waals surface area contributed by atoms with Gasteiger partial charge in [0.1, 0.15) is 5.82 Å². The van der Waals surface area contributed by atoms with Crippen LogP contribution in [0.1, 0.15) is 12.5 Å². The summed E-state index contributed by atoms with van der Waals surface area (Å²) in [6, 6.07) is 5.65. The van der Waals surface area contributed by atoms with Crippen molar-refractivity contribution in [3.05, 3.63) is 23.9 Å². The minimum absolute atomic E-state index is 0.0201. The van der Waals surface area contributed by atoms with Gasteiger partial charge in [-0.25, -0.2) is 4.98 Å². The largest absolute Gasteiger partial charge is 0.383 e. The second-order valence-corrected chi connectivity index (χ2v) is 5.70. The van der Waals surface area contributed by atoms with Crippen LogP contribution >= 0.6 is 0 Å². The molecule has 7 nitrogen and oxygen atoms in total. The number of anilines is 1. The maximum Gasteiger partial charge on any atom is 0.234 e. The third-order valence-corrected chi connectivity index (χ3v) is 3.76. The van der Waals surface area contributed by atoms with Crippen LogP contribution < -0.4 is 10.2 Å². The zero-order chi connectivity index (χ0) is 16.7. The summed E-state index contributed by atoms with van der Waals surface area (Å²) in [6.07, 6.45) is 1.66. The highest BCUT2D eigenvalue weighted by Gasteiger charge is 2.20. The van der Waals surface area contributed by atoms with Crippen molar-refractivity contribution in [2.45, 2.75) is 13.0 Å². The Labute approximate surface area is 136 Å². The van der Waals surface area contributed by atoms with Crippen LogP contribution in [-0.2, 0) is 9.53 Å². The van der Waals surface area contributed by atoms with Gasteiger partial charge in [0.25, 0.3) is 0 Å². The Bertz CT molecular complexity index is 564. The molecule has 1 aromatic rings. The minimum Gasteiger partial charge on any atom is -0.383 e. The molecule has 0 aromatic carbocycles. The number of nitrogens with zero attached hydrogens (tertiary/aromatic N) is 4. The van der Waals surface area contributed by atoms with Crippen LogP contribution in [0.5, 0.6) is 0 Å². The summed E-state index contributed by atoms with van der Waals surface area (Å²) < 4.78 is 5.01. The van der Waals surface area contributed by atoms with Crippen LogP contribution in [0.4, 0.5) is 5.82 Å². The summed E-state index contributed by atoms with van der Waals surface area (Å²) in [6.45, 7) is 6.02. The molecule has 0 spiro atoms. The number of nitrogens with one attached hydrogen (secondary N) is 1. The Hall–Kier alpha value is -2.17. The minimum atomic E-state index is 0.0201. The lowest BCUT2D eigenvalue weighted by Gasteiger charge is -2.35. The van der Waals surface area contributed by atoms with Crippen molar-refractivity contribution < 1.29 is 9.53 Å². The number of rotatable bonds is 6. The molecule has 23 heavy (non-hydrogen) atoms. The third-order valence-electron chi connectivity index (χ3n) is 3.76. The van der Waals surface area contributed by atoms with Gasteiger partial charge < -0.3 is 15.0 Å². The molecule has 0 bridgehead atoms. The molecule has 0 radical (unpaired) electrons. The Balaban J connectivity index is 1.79. The smallest absolute Gasteiger partial charge is 0.234 e. The monoisotopic (exact) mass is 317 g/mol. The van der Waals surface area contributed by atoms with Crippen molar-refractivity contribution in [2.75, 3.05) is 51.3 Å². The van der Waals surface area contributed by atoms with E-state index in [-0.39, 0.29) is 11.9 Å². The van der Waals surface area contributed by atoms with E-state index in [2.05, 4.69) is 26.2 Å². The van der Waals surface area contributed by atoms with E-state index in [0.717, 1.165) is 32.0 Å². The molecule has 1 unspecified atom stereocenters. The molecular formula is C16H23N5O2. The van der Waals surface area contributed by atoms with Crippen molar-refractivity contribution in [3.63, 3.8) is 0 Å². The van der Waals surface area contributed by atoms with E-state index in [1.807, 2.05) is 6.92 Å². The van der Waals surface area contributed by atoms with Crippen LogP contribution in [0.3, 0.4) is 0 Å². The summed E-state index contributed by atoms with van der Waals surface area (Å²) in [5.74, 6) is 0.842. The van der Waals surface area contributed by atoms with E-state index in [1.165, 1.54) is 0 Å². The fraction of sp³-hybridized carbons (Fsp3) is 0.562. The number of hydrogen-bond donors (Lipinski definition) is 1. The number of piperazine rings is 1. The highest BCUT2D eigenvalue weighted by Crippen LogP contribution is 2.14. The van der Waals surface area contributed by atoms with Crippen LogP contribution in [0.25, 0.3) is 0 Å². The molecule has 7 heteroatoms. The average molecular weight is 317 g/mol. The first kappa shape index (κ1) is 17.2. The van der Waals surface area contributed by atoms with Gasteiger partial charge in [0.05, 0.1) is 24.8 Å². The van der Waals surface area contributed by atoms with E-state index >= 15 is 0 Å². The predicted molar refractivity (Wildman–Crippen MR) is 87.1 cm³/mol. The maximum absolute atomic E-state index is 12.0. The predicted octanol–water partition coefficient (Wildman–Crippen LogP) is 0.226. The Morgan fingerprint density at radius 2 is 2.22 bits per heavy atom. The van der Waals surface area contributed by atoms with Gasteiger partial charge in [-0.1, -0.05) is 0 Å². The Morgan fingerprint density at radius 1 is 1.48 bits per heavy atom. The van der Waals surface area contributed by atoms with Crippen molar-refractivity contribution in [2.24, 2.45) is 0 Å². The number of methoxy groups -OCH3 is 1. The van der Waals surface area contributed by atoms with Crippen molar-refractivity contribution in [1.29, 1.82) is 5.26 Å². The van der Waals surface area contributed by atoms with Gasteiger partial charge in [0.15, 0.2) is 0 Å². The molecule has 1 fully saturated rings. The van der Waals surface area contributed by atoms with Gasteiger partial charge in [0, 0.05) is 45.5 Å². The number of hydrogen-bond acceptors (Lipinski definition) is 6. The number of pyridine rings is 1. The fourth-order valence-corrected chi connectivity index (χ4v) is 2.61. The molecule has 1 aromatic heterocycles.